The predicted octanol–water partition coefficient (Wildman–Crippen LogP) is 2.65. The molecule has 108 valence electrons. The number of nitro groups is 1. The van der Waals surface area contributed by atoms with Gasteiger partial charge in [0.05, 0.1) is 11.5 Å². The molecular weight excluding hydrogens is 272 g/mol. The summed E-state index contributed by atoms with van der Waals surface area (Å²) in [6.45, 7) is 1.62. The first kappa shape index (κ1) is 14.7. The Kier molecular flexibility index (Phi) is 4.30. The van der Waals surface area contributed by atoms with Gasteiger partial charge in [0.25, 0.3) is 11.6 Å². The van der Waals surface area contributed by atoms with Crippen LogP contribution in [0.4, 0.5) is 11.4 Å². The van der Waals surface area contributed by atoms with Crippen molar-refractivity contribution >= 4 is 17.3 Å². The highest BCUT2D eigenvalue weighted by Crippen LogP contribution is 2.18. The third-order valence-corrected chi connectivity index (χ3v) is 2.93. The first-order valence-corrected chi connectivity index (χ1v) is 6.27. The molecule has 0 atom stereocenters. The number of rotatable bonds is 4. The van der Waals surface area contributed by atoms with Crippen molar-refractivity contribution in [3.8, 4) is 0 Å². The van der Waals surface area contributed by atoms with Gasteiger partial charge in [-0.2, -0.15) is 0 Å². The summed E-state index contributed by atoms with van der Waals surface area (Å²) in [5.74, 6) is -0.418. The van der Waals surface area contributed by atoms with E-state index < -0.39 is 10.8 Å². The van der Waals surface area contributed by atoms with Gasteiger partial charge in [-0.1, -0.05) is 12.1 Å². The maximum atomic E-state index is 12.1. The number of hydrogen-bond acceptors (Lipinski definition) is 4. The molecule has 2 aromatic rings. The van der Waals surface area contributed by atoms with Gasteiger partial charge in [0.2, 0.25) is 0 Å². The molecule has 6 heteroatoms. The van der Waals surface area contributed by atoms with Crippen LogP contribution in [0.3, 0.4) is 0 Å². The van der Waals surface area contributed by atoms with Crippen molar-refractivity contribution in [3.05, 3.63) is 69.3 Å². The van der Waals surface area contributed by atoms with Crippen LogP contribution in [0.5, 0.6) is 0 Å². The summed E-state index contributed by atoms with van der Waals surface area (Å²) in [5, 5.41) is 22.4. The number of aryl methyl sites for hydroxylation is 1. The van der Waals surface area contributed by atoms with E-state index in [1.165, 1.54) is 12.1 Å². The quantitative estimate of drug-likeness (QED) is 0.667. The molecule has 0 spiro atoms. The largest absolute Gasteiger partial charge is 0.392 e. The van der Waals surface area contributed by atoms with Crippen molar-refractivity contribution in [1.82, 2.24) is 0 Å². The van der Waals surface area contributed by atoms with Crippen molar-refractivity contribution in [1.29, 1.82) is 0 Å². The number of nitrogens with one attached hydrogen (secondary N) is 1. The van der Waals surface area contributed by atoms with Gasteiger partial charge in [-0.15, -0.1) is 0 Å². The van der Waals surface area contributed by atoms with Crippen molar-refractivity contribution in [2.45, 2.75) is 13.5 Å². The number of nitro benzene ring substituents is 1. The van der Waals surface area contributed by atoms with Gasteiger partial charge >= 0.3 is 0 Å². The van der Waals surface area contributed by atoms with Crippen molar-refractivity contribution < 1.29 is 14.8 Å². The fourth-order valence-corrected chi connectivity index (χ4v) is 1.90. The average Bonchev–Trinajstić information content (AvgIpc) is 2.47. The Hall–Kier alpha value is -2.73. The lowest BCUT2D eigenvalue weighted by Gasteiger charge is -2.07. The summed E-state index contributed by atoms with van der Waals surface area (Å²) in [6.07, 6.45) is 0. The summed E-state index contributed by atoms with van der Waals surface area (Å²) >= 11 is 0. The van der Waals surface area contributed by atoms with Crippen LogP contribution in [-0.2, 0) is 6.61 Å². The highest BCUT2D eigenvalue weighted by atomic mass is 16.6. The van der Waals surface area contributed by atoms with E-state index in [1.54, 1.807) is 37.3 Å². The molecule has 0 aliphatic carbocycles. The molecule has 0 aliphatic rings. The molecule has 0 aliphatic heterocycles. The van der Waals surface area contributed by atoms with Gasteiger partial charge in [-0.3, -0.25) is 14.9 Å². The summed E-state index contributed by atoms with van der Waals surface area (Å²) < 4.78 is 0. The molecule has 1 amide bonds. The molecule has 2 N–H and O–H groups in total. The lowest BCUT2D eigenvalue weighted by atomic mass is 10.1. The molecule has 0 saturated carbocycles. The number of hydrogen-bond donors (Lipinski definition) is 2. The van der Waals surface area contributed by atoms with Gasteiger partial charge in [0.1, 0.15) is 0 Å². The molecule has 0 fully saturated rings. The van der Waals surface area contributed by atoms with E-state index in [9.17, 15) is 14.9 Å². The van der Waals surface area contributed by atoms with E-state index in [2.05, 4.69) is 5.32 Å². The second-order valence-corrected chi connectivity index (χ2v) is 4.62. The molecule has 0 saturated heterocycles. The number of anilines is 1. The minimum atomic E-state index is -0.528. The first-order chi connectivity index (χ1) is 9.99. The summed E-state index contributed by atoms with van der Waals surface area (Å²) in [6, 6.07) is 10.9. The molecule has 0 aromatic heterocycles. The Morgan fingerprint density at radius 3 is 2.48 bits per heavy atom. The SMILES string of the molecule is Cc1cc(C(=O)Nc2ccc(CO)cc2)cc([N+](=O)[O-])c1. The van der Waals surface area contributed by atoms with Crippen LogP contribution in [0, 0.1) is 17.0 Å². The smallest absolute Gasteiger partial charge is 0.270 e. The maximum absolute atomic E-state index is 12.1. The van der Waals surface area contributed by atoms with Crippen LogP contribution < -0.4 is 5.32 Å². The zero-order valence-corrected chi connectivity index (χ0v) is 11.4. The van der Waals surface area contributed by atoms with Gasteiger partial charge in [0.15, 0.2) is 0 Å². The first-order valence-electron chi connectivity index (χ1n) is 6.27. The van der Waals surface area contributed by atoms with E-state index in [4.69, 9.17) is 5.11 Å². The number of carbonyl (C=O) groups is 1. The Balaban J connectivity index is 2.21. The van der Waals surface area contributed by atoms with Crippen LogP contribution in [-0.4, -0.2) is 15.9 Å². The number of amides is 1. The number of carbonyl (C=O) groups excluding carboxylic acids is 1. The molecule has 2 aromatic carbocycles. The monoisotopic (exact) mass is 286 g/mol. The van der Waals surface area contributed by atoms with Crippen molar-refractivity contribution in [3.63, 3.8) is 0 Å². The molecule has 0 radical (unpaired) electrons. The van der Waals surface area contributed by atoms with Crippen LogP contribution >= 0.6 is 0 Å². The zero-order chi connectivity index (χ0) is 15.4. The lowest BCUT2D eigenvalue weighted by Crippen LogP contribution is -2.12. The molecule has 6 nitrogen and oxygen atoms in total. The second kappa shape index (κ2) is 6.15. The van der Waals surface area contributed by atoms with Crippen molar-refractivity contribution in [2.75, 3.05) is 5.32 Å². The van der Waals surface area contributed by atoms with Crippen LogP contribution in [0.1, 0.15) is 21.5 Å². The maximum Gasteiger partial charge on any atom is 0.270 e. The summed E-state index contributed by atoms with van der Waals surface area (Å²) in [5.41, 5.74) is 2.05. The van der Waals surface area contributed by atoms with E-state index in [0.717, 1.165) is 5.56 Å². The topological polar surface area (TPSA) is 92.5 Å². The Labute approximate surface area is 121 Å². The van der Waals surface area contributed by atoms with E-state index >= 15 is 0 Å². The minimum absolute atomic E-state index is 0.0711. The second-order valence-electron chi connectivity index (χ2n) is 4.62. The Bertz CT molecular complexity index is 681. The third-order valence-electron chi connectivity index (χ3n) is 2.93. The van der Waals surface area contributed by atoms with Crippen LogP contribution in [0.25, 0.3) is 0 Å². The van der Waals surface area contributed by atoms with Gasteiger partial charge in [-0.05, 0) is 36.2 Å². The van der Waals surface area contributed by atoms with E-state index in [-0.39, 0.29) is 17.9 Å². The van der Waals surface area contributed by atoms with Crippen LogP contribution in [0.15, 0.2) is 42.5 Å². The fraction of sp³-hybridized carbons (Fsp3) is 0.133. The van der Waals surface area contributed by atoms with E-state index in [1.807, 2.05) is 0 Å². The number of aliphatic hydroxyl groups is 1. The number of non-ortho nitro benzene ring substituents is 1. The number of benzene rings is 2. The lowest BCUT2D eigenvalue weighted by molar-refractivity contribution is -0.384. The Morgan fingerprint density at radius 2 is 1.90 bits per heavy atom. The minimum Gasteiger partial charge on any atom is -0.392 e. The van der Waals surface area contributed by atoms with Crippen LogP contribution in [0.2, 0.25) is 0 Å². The highest BCUT2D eigenvalue weighted by molar-refractivity contribution is 6.04. The van der Waals surface area contributed by atoms with Gasteiger partial charge < -0.3 is 10.4 Å². The molecule has 0 bridgehead atoms. The standard InChI is InChI=1S/C15H14N2O4/c1-10-6-12(8-14(7-10)17(20)21)15(19)16-13-4-2-11(9-18)3-5-13/h2-8,18H,9H2,1H3,(H,16,19). The van der Waals surface area contributed by atoms with Crippen molar-refractivity contribution in [2.24, 2.45) is 0 Å². The average molecular weight is 286 g/mol. The summed E-state index contributed by atoms with van der Waals surface area (Å²) in [4.78, 5) is 22.4. The predicted molar refractivity (Wildman–Crippen MR) is 78.2 cm³/mol. The molecule has 21 heavy (non-hydrogen) atoms. The molecule has 0 unspecified atom stereocenters. The molecule has 0 heterocycles. The molecule has 2 rings (SSSR count). The normalized spacial score (nSPS) is 10.2. The fourth-order valence-electron chi connectivity index (χ4n) is 1.90. The van der Waals surface area contributed by atoms with Gasteiger partial charge in [-0.25, -0.2) is 0 Å². The zero-order valence-electron chi connectivity index (χ0n) is 11.4. The number of nitrogens with zero attached hydrogens (tertiary/aromatic N) is 1. The van der Waals surface area contributed by atoms with E-state index in [0.29, 0.717) is 11.3 Å². The highest BCUT2D eigenvalue weighted by Gasteiger charge is 2.13. The summed E-state index contributed by atoms with van der Waals surface area (Å²) in [7, 11) is 0. The Morgan fingerprint density at radius 1 is 1.24 bits per heavy atom. The third kappa shape index (κ3) is 3.64. The molecular formula is C15H14N2O4. The van der Waals surface area contributed by atoms with Gasteiger partial charge in [0, 0.05) is 23.4 Å². The number of aliphatic hydroxyl groups excluding tert-OH is 1.